The molecule has 0 amide bonds. The van der Waals surface area contributed by atoms with Crippen molar-refractivity contribution in [3.05, 3.63) is 80.9 Å². The third kappa shape index (κ3) is 12.0. The van der Waals surface area contributed by atoms with Gasteiger partial charge in [0.2, 0.25) is 0 Å². The Balaban J connectivity index is 0.000000354. The van der Waals surface area contributed by atoms with Crippen molar-refractivity contribution in [1.29, 1.82) is 0 Å². The zero-order chi connectivity index (χ0) is 31.7. The third-order valence-corrected chi connectivity index (χ3v) is 8.35. The van der Waals surface area contributed by atoms with Gasteiger partial charge < -0.3 is 0 Å². The van der Waals surface area contributed by atoms with Gasteiger partial charge in [-0.2, -0.15) is 11.1 Å². The predicted octanol–water partition coefficient (Wildman–Crippen LogP) is 13.4. The van der Waals surface area contributed by atoms with Crippen LogP contribution in [0.25, 0.3) is 21.5 Å². The molecule has 0 atom stereocenters. The summed E-state index contributed by atoms with van der Waals surface area (Å²) < 4.78 is 0. The van der Waals surface area contributed by atoms with Gasteiger partial charge in [0.1, 0.15) is 0 Å². The molecular formula is C38H56Cl2SiZr. The van der Waals surface area contributed by atoms with Crippen molar-refractivity contribution in [1.82, 2.24) is 0 Å². The van der Waals surface area contributed by atoms with E-state index in [-0.39, 0.29) is 0 Å². The molecule has 4 aromatic carbocycles. The van der Waals surface area contributed by atoms with E-state index in [4.69, 9.17) is 17.0 Å². The van der Waals surface area contributed by atoms with E-state index in [0.29, 0.717) is 0 Å². The van der Waals surface area contributed by atoms with Gasteiger partial charge in [0.25, 0.3) is 0 Å². The molecule has 4 aromatic rings. The average molecular weight is 703 g/mol. The molecule has 0 fully saturated rings. The molecule has 0 saturated heterocycles. The van der Waals surface area contributed by atoms with Gasteiger partial charge in [-0.25, -0.2) is 0 Å². The van der Waals surface area contributed by atoms with Crippen molar-refractivity contribution >= 4 is 48.1 Å². The van der Waals surface area contributed by atoms with E-state index < -0.39 is 20.8 Å². The third-order valence-electron chi connectivity index (χ3n) is 8.35. The maximum atomic E-state index is 4.93. The summed E-state index contributed by atoms with van der Waals surface area (Å²) in [5.74, 6) is 0. The number of aryl methyl sites for hydroxylation is 8. The van der Waals surface area contributed by atoms with Gasteiger partial charge in [-0.15, -0.1) is 68.1 Å². The molecule has 4 heteroatoms. The van der Waals surface area contributed by atoms with Crippen molar-refractivity contribution in [2.24, 2.45) is 0 Å². The van der Waals surface area contributed by atoms with Crippen LogP contribution in [0.2, 0.25) is 13.1 Å². The molecule has 0 N–H and O–H groups in total. The summed E-state index contributed by atoms with van der Waals surface area (Å²) in [6.45, 7) is 22.3. The summed E-state index contributed by atoms with van der Waals surface area (Å²) >= 11 is -0.826. The second kappa shape index (κ2) is 21.9. The van der Waals surface area contributed by atoms with E-state index in [9.17, 15) is 0 Å². The number of rotatable bonds is 10. The Hall–Kier alpha value is -0.660. The normalized spacial score (nSPS) is 10.4. The van der Waals surface area contributed by atoms with E-state index in [1.807, 2.05) is 0 Å². The summed E-state index contributed by atoms with van der Waals surface area (Å²) in [6.07, 6.45) is 13.2. The van der Waals surface area contributed by atoms with E-state index >= 15 is 0 Å². The fourth-order valence-corrected chi connectivity index (χ4v) is 5.74. The predicted molar refractivity (Wildman–Crippen MR) is 192 cm³/mol. The number of hydrogen-bond donors (Lipinski definition) is 0. The van der Waals surface area contributed by atoms with Gasteiger partial charge in [0.05, 0.1) is 0 Å². The van der Waals surface area contributed by atoms with E-state index in [1.165, 1.54) is 119 Å². The Bertz CT molecular complexity index is 1210. The van der Waals surface area contributed by atoms with E-state index in [1.54, 1.807) is 11.1 Å². The van der Waals surface area contributed by atoms with Crippen LogP contribution in [0.1, 0.15) is 110 Å². The molecule has 2 radical (unpaired) electrons. The number of hydrogen-bond acceptors (Lipinski definition) is 0. The fourth-order valence-electron chi connectivity index (χ4n) is 5.74. The van der Waals surface area contributed by atoms with Gasteiger partial charge >= 0.3 is 37.9 Å². The molecule has 0 spiro atoms. The van der Waals surface area contributed by atoms with Crippen LogP contribution < -0.4 is 0 Å². The van der Waals surface area contributed by atoms with Crippen LogP contribution >= 0.6 is 17.0 Å². The molecule has 0 aromatic heterocycles. The Morgan fingerprint density at radius 3 is 1.24 bits per heavy atom. The van der Waals surface area contributed by atoms with Gasteiger partial charge in [-0.3, -0.25) is 0 Å². The Morgan fingerprint density at radius 1 is 0.595 bits per heavy atom. The van der Waals surface area contributed by atoms with Gasteiger partial charge in [-0.1, -0.05) is 143 Å². The summed E-state index contributed by atoms with van der Waals surface area (Å²) in [4.78, 5) is 0. The molecule has 42 heavy (non-hydrogen) atoms. The van der Waals surface area contributed by atoms with Crippen LogP contribution in [-0.2, 0) is 33.7 Å². The van der Waals surface area contributed by atoms with E-state index in [2.05, 4.69) is 105 Å². The topological polar surface area (TPSA) is 0 Å². The second-order valence-electron chi connectivity index (χ2n) is 11.8. The SMILES string of the molecule is CCCCCCc1ccc(C)c2[cH-]c(C)c(C)c12.CCCCCCc1ccc(C)c2[cH-]c(C)c(C)c12.C[Si]C.[Cl][Zr+2][Cl]. The molecule has 0 saturated carbocycles. The van der Waals surface area contributed by atoms with Crippen LogP contribution in [0, 0.1) is 41.5 Å². The van der Waals surface area contributed by atoms with Crippen molar-refractivity contribution in [2.75, 3.05) is 0 Å². The van der Waals surface area contributed by atoms with Gasteiger partial charge in [-0.05, 0) is 12.8 Å². The summed E-state index contributed by atoms with van der Waals surface area (Å²) in [7, 11) is 11.0. The monoisotopic (exact) mass is 700 g/mol. The van der Waals surface area contributed by atoms with Crippen LogP contribution in [0.3, 0.4) is 0 Å². The fraction of sp³-hybridized carbons (Fsp3) is 0.526. The molecule has 0 unspecified atom stereocenters. The number of unbranched alkanes of at least 4 members (excludes halogenated alkanes) is 6. The quantitative estimate of drug-likeness (QED) is 0.0877. The van der Waals surface area contributed by atoms with Crippen LogP contribution in [0.4, 0.5) is 0 Å². The van der Waals surface area contributed by atoms with Crippen LogP contribution in [0.5, 0.6) is 0 Å². The molecule has 4 rings (SSSR count). The number of halogens is 2. The molecule has 0 aliphatic carbocycles. The molecule has 0 nitrogen and oxygen atoms in total. The van der Waals surface area contributed by atoms with Gasteiger partial charge in [0.15, 0.2) is 0 Å². The molecule has 230 valence electrons. The Kier molecular flexibility index (Phi) is 20.6. The second-order valence-corrected chi connectivity index (χ2v) is 16.5. The van der Waals surface area contributed by atoms with Crippen molar-refractivity contribution < 1.29 is 20.8 Å². The summed E-state index contributed by atoms with van der Waals surface area (Å²) in [5.41, 5.74) is 11.8. The number of fused-ring (bicyclic) bond motifs is 2. The molecule has 0 aliphatic heterocycles. The van der Waals surface area contributed by atoms with Crippen molar-refractivity contribution in [2.45, 2.75) is 133 Å². The minimum atomic E-state index is -0.826. The molecule has 0 aliphatic rings. The van der Waals surface area contributed by atoms with Crippen LogP contribution in [0.15, 0.2) is 36.4 Å². The first kappa shape index (κ1) is 39.4. The Morgan fingerprint density at radius 2 is 0.929 bits per heavy atom. The molecule has 0 heterocycles. The first-order valence-corrected chi connectivity index (χ1v) is 24.3. The van der Waals surface area contributed by atoms with Crippen molar-refractivity contribution in [3.8, 4) is 0 Å². The number of benzene rings is 2. The first-order chi connectivity index (χ1) is 20.1. The standard InChI is InChI=1S/2C18H25.C2H6Si.2ClH.Zr/c2*1-5-6-7-8-9-16-11-10-13(2)17-12-14(3)15(4)18(16)17;1-3-2;;;/h2*10-12H,5-9H2,1-4H3;1-2H3;2*1H;/q2*-1;;;;+4/p-2. The first-order valence-electron chi connectivity index (χ1n) is 16.0. The van der Waals surface area contributed by atoms with E-state index in [0.717, 1.165) is 9.52 Å². The zero-order valence-corrected chi connectivity index (χ0v) is 33.3. The zero-order valence-electron chi connectivity index (χ0n) is 28.3. The average Bonchev–Trinajstić information content (AvgIpc) is 3.44. The maximum absolute atomic E-state index is 4.93. The molecular weight excluding hydrogens is 647 g/mol. The minimum absolute atomic E-state index is 0.826. The molecule has 0 bridgehead atoms. The summed E-state index contributed by atoms with van der Waals surface area (Å²) in [5, 5.41) is 6.00. The van der Waals surface area contributed by atoms with Gasteiger partial charge in [0, 0.05) is 9.52 Å². The Labute approximate surface area is 280 Å². The van der Waals surface area contributed by atoms with Crippen LogP contribution in [-0.4, -0.2) is 9.52 Å². The van der Waals surface area contributed by atoms with Crippen molar-refractivity contribution in [3.63, 3.8) is 0 Å². The summed E-state index contributed by atoms with van der Waals surface area (Å²) in [6, 6.07) is 14.0.